The van der Waals surface area contributed by atoms with E-state index in [4.69, 9.17) is 34.8 Å². The lowest BCUT2D eigenvalue weighted by molar-refractivity contribution is -0.138. The number of halogens is 7. The van der Waals surface area contributed by atoms with Gasteiger partial charge in [-0.2, -0.15) is 13.2 Å². The molecule has 0 radical (unpaired) electrons. The van der Waals surface area contributed by atoms with Crippen molar-refractivity contribution in [3.05, 3.63) is 48.6 Å². The molecule has 0 aliphatic heterocycles. The number of hydrogen-bond donors (Lipinski definition) is 0. The number of pyridine rings is 1. The predicted molar refractivity (Wildman–Crippen MR) is 82.4 cm³/mol. The Bertz CT molecular complexity index is 674. The van der Waals surface area contributed by atoms with Gasteiger partial charge < -0.3 is 0 Å². The summed E-state index contributed by atoms with van der Waals surface area (Å²) in [5.41, 5.74) is -0.356. The van der Waals surface area contributed by atoms with Crippen LogP contribution >= 0.6 is 57.4 Å². The molecule has 20 heavy (non-hydrogen) atoms. The van der Waals surface area contributed by atoms with Gasteiger partial charge in [0.05, 0.1) is 29.9 Å². The third-order valence-electron chi connectivity index (χ3n) is 2.48. The summed E-state index contributed by atoms with van der Waals surface area (Å²) in [6, 6.07) is 3.86. The molecule has 1 aromatic carbocycles. The van der Waals surface area contributed by atoms with Crippen LogP contribution in [-0.4, -0.2) is 4.98 Å². The molecule has 2 aromatic rings. The lowest BCUT2D eigenvalue weighted by Crippen LogP contribution is -2.09. The summed E-state index contributed by atoms with van der Waals surface area (Å²) in [5, 5.41) is 0.382. The van der Waals surface area contributed by atoms with Gasteiger partial charge >= 0.3 is 6.18 Å². The fraction of sp³-hybridized carbons (Fsp3) is 0.0833. The van der Waals surface area contributed by atoms with Crippen molar-refractivity contribution in [2.24, 2.45) is 0 Å². The number of hydrogen-bond acceptors (Lipinski definition) is 1. The smallest absolute Gasteiger partial charge is 0.255 e. The molecule has 1 aromatic heterocycles. The van der Waals surface area contributed by atoms with Crippen molar-refractivity contribution in [1.82, 2.24) is 4.98 Å². The predicted octanol–water partition coefficient (Wildman–Crippen LogP) is 6.33. The highest BCUT2D eigenvalue weighted by atomic mass is 127. The van der Waals surface area contributed by atoms with Crippen LogP contribution < -0.4 is 0 Å². The Hall–Kier alpha value is -0.240. The van der Waals surface area contributed by atoms with E-state index in [0.29, 0.717) is 5.56 Å². The van der Waals surface area contributed by atoms with E-state index in [9.17, 15) is 13.2 Å². The van der Waals surface area contributed by atoms with E-state index in [1.54, 1.807) is 22.6 Å². The number of aromatic nitrogens is 1. The van der Waals surface area contributed by atoms with Gasteiger partial charge in [0.15, 0.2) is 0 Å². The zero-order valence-corrected chi connectivity index (χ0v) is 13.8. The summed E-state index contributed by atoms with van der Waals surface area (Å²) in [4.78, 5) is 3.96. The van der Waals surface area contributed by atoms with Crippen molar-refractivity contribution in [1.29, 1.82) is 0 Å². The van der Waals surface area contributed by atoms with Gasteiger partial charge in [-0.3, -0.25) is 4.98 Å². The van der Waals surface area contributed by atoms with Crippen molar-refractivity contribution < 1.29 is 13.2 Å². The summed E-state index contributed by atoms with van der Waals surface area (Å²) in [6.45, 7) is 0. The van der Waals surface area contributed by atoms with Gasteiger partial charge in [-0.05, 0) is 40.8 Å². The molecule has 0 saturated carbocycles. The van der Waals surface area contributed by atoms with Crippen LogP contribution in [0.5, 0.6) is 0 Å². The van der Waals surface area contributed by atoms with Crippen LogP contribution in [0.1, 0.15) is 5.56 Å². The van der Waals surface area contributed by atoms with Crippen molar-refractivity contribution in [2.45, 2.75) is 6.18 Å². The van der Waals surface area contributed by atoms with E-state index in [0.717, 1.165) is 12.3 Å². The molecule has 2 rings (SSSR count). The second-order valence-electron chi connectivity index (χ2n) is 3.74. The molecule has 0 bridgehead atoms. The number of rotatable bonds is 1. The Morgan fingerprint density at radius 2 is 1.65 bits per heavy atom. The molecule has 0 saturated heterocycles. The standard InChI is InChI=1S/C12H4Cl3F3IN/c13-7-2-1-5(8(14)9(7)15)11-10(19)6(3-4-20-11)12(16,17)18/h1-4H. The molecule has 0 spiro atoms. The summed E-state index contributed by atoms with van der Waals surface area (Å²) in [7, 11) is 0. The van der Waals surface area contributed by atoms with Crippen LogP contribution in [-0.2, 0) is 6.18 Å². The maximum absolute atomic E-state index is 12.9. The molecule has 0 fully saturated rings. The third-order valence-corrected chi connectivity index (χ3v) is 4.87. The minimum absolute atomic E-state index is 0.0436. The zero-order valence-electron chi connectivity index (χ0n) is 9.40. The minimum Gasteiger partial charge on any atom is -0.255 e. The molecule has 1 nitrogen and oxygen atoms in total. The van der Waals surface area contributed by atoms with Gasteiger partial charge in [0.1, 0.15) is 0 Å². The summed E-state index contributed by atoms with van der Waals surface area (Å²) in [6.07, 6.45) is -3.38. The average Bonchev–Trinajstić information content (AvgIpc) is 2.36. The lowest BCUT2D eigenvalue weighted by atomic mass is 10.1. The fourth-order valence-electron chi connectivity index (χ4n) is 1.56. The molecule has 0 amide bonds. The maximum Gasteiger partial charge on any atom is 0.417 e. The zero-order chi connectivity index (χ0) is 15.1. The topological polar surface area (TPSA) is 12.9 Å². The van der Waals surface area contributed by atoms with Gasteiger partial charge in [-0.15, -0.1) is 0 Å². The van der Waals surface area contributed by atoms with Crippen molar-refractivity contribution >= 4 is 57.4 Å². The molecule has 0 aliphatic carbocycles. The quantitative estimate of drug-likeness (QED) is 0.364. The average molecular weight is 452 g/mol. The van der Waals surface area contributed by atoms with Crippen LogP contribution in [0.4, 0.5) is 13.2 Å². The first-order valence-corrected chi connectivity index (χ1v) is 7.30. The normalized spacial score (nSPS) is 11.8. The van der Waals surface area contributed by atoms with E-state index < -0.39 is 11.7 Å². The summed E-state index contributed by atoms with van der Waals surface area (Å²) < 4.78 is 38.6. The molecule has 106 valence electrons. The van der Waals surface area contributed by atoms with Gasteiger partial charge in [0.25, 0.3) is 0 Å². The van der Waals surface area contributed by atoms with Crippen molar-refractivity contribution in [2.75, 3.05) is 0 Å². The van der Waals surface area contributed by atoms with E-state index in [1.807, 2.05) is 0 Å². The number of benzene rings is 1. The van der Waals surface area contributed by atoms with Gasteiger partial charge in [-0.1, -0.05) is 34.8 Å². The fourth-order valence-corrected chi connectivity index (χ4v) is 3.10. The van der Waals surface area contributed by atoms with Crippen LogP contribution in [0, 0.1) is 3.57 Å². The molecule has 0 N–H and O–H groups in total. The van der Waals surface area contributed by atoms with Crippen LogP contribution in [0.3, 0.4) is 0 Å². The maximum atomic E-state index is 12.9. The SMILES string of the molecule is FC(F)(F)c1ccnc(-c2ccc(Cl)c(Cl)c2Cl)c1I. The molecule has 8 heteroatoms. The van der Waals surface area contributed by atoms with Gasteiger partial charge in [0.2, 0.25) is 0 Å². The second kappa shape index (κ2) is 5.87. The Balaban J connectivity index is 2.69. The van der Waals surface area contributed by atoms with E-state index in [1.165, 1.54) is 12.1 Å². The Morgan fingerprint density at radius 1 is 1.00 bits per heavy atom. The van der Waals surface area contributed by atoms with Crippen molar-refractivity contribution in [3.8, 4) is 11.3 Å². The molecular weight excluding hydrogens is 448 g/mol. The van der Waals surface area contributed by atoms with Crippen LogP contribution in [0.25, 0.3) is 11.3 Å². The Kier molecular flexibility index (Phi) is 4.73. The van der Waals surface area contributed by atoms with Crippen LogP contribution in [0.2, 0.25) is 15.1 Å². The first-order chi connectivity index (χ1) is 9.23. The minimum atomic E-state index is -4.46. The molecule has 0 aliphatic rings. The summed E-state index contributed by atoms with van der Waals surface area (Å²) in [5.74, 6) is 0. The second-order valence-corrected chi connectivity index (χ2v) is 5.98. The molecule has 0 unspecified atom stereocenters. The summed E-state index contributed by atoms with van der Waals surface area (Å²) >= 11 is 19.3. The number of alkyl halides is 3. The van der Waals surface area contributed by atoms with Crippen LogP contribution in [0.15, 0.2) is 24.4 Å². The van der Waals surface area contributed by atoms with Crippen molar-refractivity contribution in [3.63, 3.8) is 0 Å². The highest BCUT2D eigenvalue weighted by Gasteiger charge is 2.34. The molecular formula is C12H4Cl3F3IN. The monoisotopic (exact) mass is 451 g/mol. The van der Waals surface area contributed by atoms with Gasteiger partial charge in [-0.25, -0.2) is 0 Å². The highest BCUT2D eigenvalue weighted by molar-refractivity contribution is 14.1. The van der Waals surface area contributed by atoms with E-state index in [-0.39, 0.29) is 24.3 Å². The van der Waals surface area contributed by atoms with E-state index in [2.05, 4.69) is 4.98 Å². The van der Waals surface area contributed by atoms with Gasteiger partial charge in [0, 0.05) is 11.8 Å². The lowest BCUT2D eigenvalue weighted by Gasteiger charge is -2.13. The molecule has 1 heterocycles. The first-order valence-electron chi connectivity index (χ1n) is 5.09. The number of nitrogens with zero attached hydrogens (tertiary/aromatic N) is 1. The first kappa shape index (κ1) is 16.1. The Morgan fingerprint density at radius 3 is 2.25 bits per heavy atom. The third kappa shape index (κ3) is 3.00. The highest BCUT2D eigenvalue weighted by Crippen LogP contribution is 2.41. The van der Waals surface area contributed by atoms with E-state index >= 15 is 0 Å². The molecule has 0 atom stereocenters. The Labute approximate surface area is 141 Å². The largest absolute Gasteiger partial charge is 0.417 e.